The van der Waals surface area contributed by atoms with Crippen LogP contribution < -0.4 is 14.4 Å². The molecule has 0 spiro atoms. The molecule has 0 unspecified atom stereocenters. The van der Waals surface area contributed by atoms with Crippen molar-refractivity contribution in [2.75, 3.05) is 18.0 Å². The van der Waals surface area contributed by atoms with Gasteiger partial charge in [-0.2, -0.15) is 0 Å². The number of halogens is 2. The predicted molar refractivity (Wildman–Crippen MR) is 185 cm³/mol. The third-order valence-electron chi connectivity index (χ3n) is 7.85. The number of rotatable bonds is 14. The fourth-order valence-electron chi connectivity index (χ4n) is 4.96. The molecule has 0 saturated carbocycles. The van der Waals surface area contributed by atoms with Crippen LogP contribution >= 0.6 is 15.9 Å². The highest BCUT2D eigenvalue weighted by molar-refractivity contribution is 9.10. The molecule has 1 N–H and O–H groups in total. The third kappa shape index (κ3) is 9.20. The number of aryl methyl sites for hydroxylation is 1. The number of anilines is 1. The molecule has 2 amide bonds. The van der Waals surface area contributed by atoms with Crippen molar-refractivity contribution in [2.45, 2.75) is 57.1 Å². The Morgan fingerprint density at radius 3 is 2.19 bits per heavy atom. The topological polar surface area (TPSA) is 96.0 Å². The van der Waals surface area contributed by atoms with Gasteiger partial charge in [0, 0.05) is 19.0 Å². The van der Waals surface area contributed by atoms with Crippen LogP contribution in [0.4, 0.5) is 10.1 Å². The lowest BCUT2D eigenvalue weighted by molar-refractivity contribution is -0.140. The molecule has 0 bridgehead atoms. The quantitative estimate of drug-likeness (QED) is 0.157. The molecule has 11 heteroatoms. The summed E-state index contributed by atoms with van der Waals surface area (Å²) in [7, 11) is -2.82. The summed E-state index contributed by atoms with van der Waals surface area (Å²) < 4.78 is 49.2. The fourth-order valence-corrected chi connectivity index (χ4v) is 7.09. The monoisotopic (exact) mass is 723 g/mol. The molecule has 0 aliphatic heterocycles. The van der Waals surface area contributed by atoms with Crippen molar-refractivity contribution in [3.63, 3.8) is 0 Å². The highest BCUT2D eigenvalue weighted by atomic mass is 79.9. The average Bonchev–Trinajstić information content (AvgIpc) is 3.06. The number of carbonyl (C=O) groups is 2. The minimum Gasteiger partial charge on any atom is -0.496 e. The van der Waals surface area contributed by atoms with E-state index in [1.54, 1.807) is 36.4 Å². The third-order valence-corrected chi connectivity index (χ3v) is 10.2. The van der Waals surface area contributed by atoms with E-state index in [2.05, 4.69) is 21.2 Å². The summed E-state index contributed by atoms with van der Waals surface area (Å²) in [4.78, 5) is 29.8. The molecule has 0 aliphatic carbocycles. The number of amides is 2. The standard InChI is InChI=1S/C36H39BrFN3O5S/c1-5-26(3)39-36(43)33(21-27-9-7-6-8-10-27)40(23-28-13-15-29(38)16-14-28)35(42)24-41(30-17-11-25(2)12-18-30)47(44,45)31-19-20-34(46-4)32(37)22-31/h6-20,22,26,33H,5,21,23-24H2,1-4H3,(H,39,43)/t26-,33+/m0/s1. The number of carbonyl (C=O) groups excluding carboxylic acids is 2. The van der Waals surface area contributed by atoms with Crippen LogP contribution in [0.1, 0.15) is 37.0 Å². The van der Waals surface area contributed by atoms with Crippen LogP contribution in [0.25, 0.3) is 0 Å². The lowest BCUT2D eigenvalue weighted by atomic mass is 10.0. The maximum Gasteiger partial charge on any atom is 0.264 e. The van der Waals surface area contributed by atoms with Gasteiger partial charge in [-0.15, -0.1) is 0 Å². The van der Waals surface area contributed by atoms with E-state index in [0.717, 1.165) is 15.4 Å². The fraction of sp³-hybridized carbons (Fsp3) is 0.278. The van der Waals surface area contributed by atoms with Crippen molar-refractivity contribution >= 4 is 43.5 Å². The first-order valence-electron chi connectivity index (χ1n) is 15.2. The van der Waals surface area contributed by atoms with Gasteiger partial charge >= 0.3 is 0 Å². The van der Waals surface area contributed by atoms with Gasteiger partial charge < -0.3 is 15.0 Å². The highest BCUT2D eigenvalue weighted by Gasteiger charge is 2.35. The second-order valence-corrected chi connectivity index (χ2v) is 14.0. The molecule has 0 aromatic heterocycles. The highest BCUT2D eigenvalue weighted by Crippen LogP contribution is 2.31. The van der Waals surface area contributed by atoms with Crippen molar-refractivity contribution in [3.8, 4) is 5.75 Å². The zero-order valence-corrected chi connectivity index (χ0v) is 29.2. The minimum atomic E-state index is -4.30. The zero-order chi connectivity index (χ0) is 34.1. The number of ether oxygens (including phenoxy) is 1. The van der Waals surface area contributed by atoms with Crippen molar-refractivity contribution in [2.24, 2.45) is 0 Å². The summed E-state index contributed by atoms with van der Waals surface area (Å²) >= 11 is 3.37. The minimum absolute atomic E-state index is 0.0551. The van der Waals surface area contributed by atoms with Gasteiger partial charge in [0.1, 0.15) is 24.2 Å². The van der Waals surface area contributed by atoms with Crippen molar-refractivity contribution in [1.29, 1.82) is 0 Å². The smallest absolute Gasteiger partial charge is 0.264 e. The van der Waals surface area contributed by atoms with Gasteiger partial charge in [-0.1, -0.05) is 67.1 Å². The summed E-state index contributed by atoms with van der Waals surface area (Å²) in [5.74, 6) is -0.971. The van der Waals surface area contributed by atoms with Crippen LogP contribution in [0.5, 0.6) is 5.75 Å². The number of methoxy groups -OCH3 is 1. The van der Waals surface area contributed by atoms with E-state index in [4.69, 9.17) is 4.74 Å². The normalized spacial score (nSPS) is 12.6. The van der Waals surface area contributed by atoms with E-state index in [1.165, 1.54) is 42.3 Å². The summed E-state index contributed by atoms with van der Waals surface area (Å²) in [5, 5.41) is 3.00. The largest absolute Gasteiger partial charge is 0.496 e. The molecular formula is C36H39BrFN3O5S. The van der Waals surface area contributed by atoms with Crippen molar-refractivity contribution in [3.05, 3.63) is 124 Å². The van der Waals surface area contributed by atoms with Gasteiger partial charge in [0.05, 0.1) is 22.2 Å². The Morgan fingerprint density at radius 1 is 0.936 bits per heavy atom. The molecular weight excluding hydrogens is 685 g/mol. The molecule has 0 radical (unpaired) electrons. The molecule has 4 aromatic carbocycles. The second-order valence-electron chi connectivity index (χ2n) is 11.3. The molecule has 8 nitrogen and oxygen atoms in total. The van der Waals surface area contributed by atoms with Crippen LogP contribution in [0.2, 0.25) is 0 Å². The average molecular weight is 725 g/mol. The Bertz CT molecular complexity index is 1770. The lowest BCUT2D eigenvalue weighted by Gasteiger charge is -2.34. The van der Waals surface area contributed by atoms with E-state index in [1.807, 2.05) is 51.1 Å². The zero-order valence-electron chi connectivity index (χ0n) is 26.8. The number of hydrogen-bond donors (Lipinski definition) is 1. The molecule has 248 valence electrons. The summed E-state index contributed by atoms with van der Waals surface area (Å²) in [6.45, 7) is 5.05. The Morgan fingerprint density at radius 2 is 1.60 bits per heavy atom. The van der Waals surface area contributed by atoms with Gasteiger partial charge in [0.25, 0.3) is 10.0 Å². The summed E-state index contributed by atoms with van der Waals surface area (Å²) in [6.07, 6.45) is 0.853. The van der Waals surface area contributed by atoms with Gasteiger partial charge in [-0.05, 0) is 89.8 Å². The number of nitrogens with zero attached hydrogens (tertiary/aromatic N) is 2. The number of nitrogens with one attached hydrogen (secondary N) is 1. The SMILES string of the molecule is CC[C@H](C)NC(=O)[C@@H](Cc1ccccc1)N(Cc1ccc(F)cc1)C(=O)CN(c1ccc(C)cc1)S(=O)(=O)c1ccc(OC)c(Br)c1. The molecule has 0 heterocycles. The lowest BCUT2D eigenvalue weighted by Crippen LogP contribution is -2.54. The molecule has 2 atom stereocenters. The molecule has 0 saturated heterocycles. The van der Waals surface area contributed by atoms with E-state index < -0.39 is 34.3 Å². The van der Waals surface area contributed by atoms with Crippen LogP contribution in [0.3, 0.4) is 0 Å². The van der Waals surface area contributed by atoms with Gasteiger partial charge in [0.2, 0.25) is 11.8 Å². The van der Waals surface area contributed by atoms with Crippen LogP contribution in [0.15, 0.2) is 106 Å². The first kappa shape index (κ1) is 35.6. The summed E-state index contributed by atoms with van der Waals surface area (Å²) in [6, 6.07) is 25.0. The van der Waals surface area contributed by atoms with Gasteiger partial charge in [0.15, 0.2) is 0 Å². The molecule has 4 aromatic rings. The van der Waals surface area contributed by atoms with Gasteiger partial charge in [-0.3, -0.25) is 13.9 Å². The molecule has 47 heavy (non-hydrogen) atoms. The molecule has 0 aliphatic rings. The number of benzene rings is 4. The number of sulfonamides is 1. The van der Waals surface area contributed by atoms with Crippen LogP contribution in [0, 0.1) is 12.7 Å². The Balaban J connectivity index is 1.81. The maximum atomic E-state index is 14.5. The number of hydrogen-bond acceptors (Lipinski definition) is 5. The Hall–Kier alpha value is -4.22. The first-order valence-corrected chi connectivity index (χ1v) is 17.5. The van der Waals surface area contributed by atoms with E-state index >= 15 is 0 Å². The van der Waals surface area contributed by atoms with E-state index in [0.29, 0.717) is 22.2 Å². The first-order chi connectivity index (χ1) is 22.4. The van der Waals surface area contributed by atoms with E-state index in [-0.39, 0.29) is 35.5 Å². The predicted octanol–water partition coefficient (Wildman–Crippen LogP) is 6.66. The van der Waals surface area contributed by atoms with Crippen LogP contribution in [-0.2, 0) is 32.6 Å². The molecule has 0 fully saturated rings. The van der Waals surface area contributed by atoms with E-state index in [9.17, 15) is 22.4 Å². The Kier molecular flexibility index (Phi) is 12.2. The summed E-state index contributed by atoms with van der Waals surface area (Å²) in [5.41, 5.74) is 2.59. The second kappa shape index (κ2) is 16.1. The van der Waals surface area contributed by atoms with Crippen LogP contribution in [-0.4, -0.2) is 50.9 Å². The van der Waals surface area contributed by atoms with Crippen molar-refractivity contribution in [1.82, 2.24) is 10.2 Å². The van der Waals surface area contributed by atoms with Crippen molar-refractivity contribution < 1.29 is 27.1 Å². The molecule has 4 rings (SSSR count). The van der Waals surface area contributed by atoms with Gasteiger partial charge in [-0.25, -0.2) is 12.8 Å². The Labute approximate surface area is 284 Å². The maximum absolute atomic E-state index is 14.5.